The predicted octanol–water partition coefficient (Wildman–Crippen LogP) is 14.4. The van der Waals surface area contributed by atoms with Gasteiger partial charge in [-0.15, -0.1) is 0 Å². The Labute approximate surface area is 315 Å². The molecule has 1 heterocycles. The Bertz CT molecular complexity index is 2910. The normalized spacial score (nSPS) is 11.3. The molecule has 0 amide bonds. The van der Waals surface area contributed by atoms with Crippen molar-refractivity contribution in [1.29, 1.82) is 0 Å². The fourth-order valence-electron chi connectivity index (χ4n) is 7.88. The number of fused-ring (bicyclic) bond motifs is 4. The van der Waals surface area contributed by atoms with Gasteiger partial charge < -0.3 is 9.47 Å². The van der Waals surface area contributed by atoms with E-state index in [9.17, 15) is 0 Å². The molecule has 0 atom stereocenters. The van der Waals surface area contributed by atoms with E-state index >= 15 is 0 Å². The number of hydrogen-bond donors (Lipinski definition) is 0. The number of benzene rings is 9. The van der Waals surface area contributed by atoms with Crippen LogP contribution in [0.4, 0.5) is 17.1 Å². The molecule has 254 valence electrons. The van der Waals surface area contributed by atoms with Crippen LogP contribution in [0, 0.1) is 0 Å². The maximum absolute atomic E-state index is 2.40. The first-order valence-corrected chi connectivity index (χ1v) is 18.5. The second-order valence-corrected chi connectivity index (χ2v) is 13.8. The van der Waals surface area contributed by atoms with Gasteiger partial charge in [0.15, 0.2) is 0 Å². The van der Waals surface area contributed by atoms with Crippen LogP contribution in [0.5, 0.6) is 0 Å². The molecule has 54 heavy (non-hydrogen) atoms. The van der Waals surface area contributed by atoms with Crippen LogP contribution in [0.15, 0.2) is 218 Å². The molecule has 0 spiro atoms. The van der Waals surface area contributed by atoms with Crippen molar-refractivity contribution >= 4 is 49.6 Å². The number of hydrogen-bond acceptors (Lipinski definition) is 1. The van der Waals surface area contributed by atoms with Crippen molar-refractivity contribution in [3.8, 4) is 39.1 Å². The Morgan fingerprint density at radius 2 is 0.796 bits per heavy atom. The van der Waals surface area contributed by atoms with Gasteiger partial charge in [0, 0.05) is 33.5 Å². The van der Waals surface area contributed by atoms with Crippen molar-refractivity contribution in [2.24, 2.45) is 0 Å². The van der Waals surface area contributed by atoms with Gasteiger partial charge >= 0.3 is 0 Å². The largest absolute Gasteiger partial charge is 0.310 e. The molecule has 0 radical (unpaired) electrons. The van der Waals surface area contributed by atoms with Crippen LogP contribution in [0.25, 0.3) is 71.6 Å². The molecule has 10 rings (SSSR count). The number of aromatic nitrogens is 1. The zero-order valence-electron chi connectivity index (χ0n) is 29.7. The van der Waals surface area contributed by atoms with Gasteiger partial charge in [0.05, 0.1) is 11.0 Å². The molecule has 0 N–H and O–H groups in total. The maximum Gasteiger partial charge on any atom is 0.0541 e. The van der Waals surface area contributed by atoms with Crippen molar-refractivity contribution < 1.29 is 0 Å². The van der Waals surface area contributed by atoms with Crippen LogP contribution < -0.4 is 4.90 Å². The highest BCUT2D eigenvalue weighted by atomic mass is 15.1. The highest BCUT2D eigenvalue weighted by molar-refractivity contribution is 6.10. The Kier molecular flexibility index (Phi) is 7.85. The second kappa shape index (κ2) is 13.4. The quantitative estimate of drug-likeness (QED) is 0.162. The zero-order chi connectivity index (χ0) is 35.8. The summed E-state index contributed by atoms with van der Waals surface area (Å²) in [6.45, 7) is 0. The first-order valence-electron chi connectivity index (χ1n) is 18.5. The summed E-state index contributed by atoms with van der Waals surface area (Å²) >= 11 is 0. The molecule has 0 bridgehead atoms. The molecule has 2 nitrogen and oxygen atoms in total. The molecule has 9 aromatic carbocycles. The lowest BCUT2D eigenvalue weighted by Gasteiger charge is -2.26. The lowest BCUT2D eigenvalue weighted by Crippen LogP contribution is -2.09. The van der Waals surface area contributed by atoms with E-state index in [1.54, 1.807) is 0 Å². The average molecular weight is 689 g/mol. The third-order valence-electron chi connectivity index (χ3n) is 10.6. The topological polar surface area (TPSA) is 8.17 Å². The van der Waals surface area contributed by atoms with Crippen molar-refractivity contribution in [3.63, 3.8) is 0 Å². The van der Waals surface area contributed by atoms with E-state index in [0.717, 1.165) is 17.1 Å². The molecule has 10 aromatic rings. The van der Waals surface area contributed by atoms with E-state index in [0.29, 0.717) is 0 Å². The fraction of sp³-hybridized carbons (Fsp3) is 0. The smallest absolute Gasteiger partial charge is 0.0541 e. The lowest BCUT2D eigenvalue weighted by molar-refractivity contribution is 1.19. The third-order valence-corrected chi connectivity index (χ3v) is 10.6. The van der Waals surface area contributed by atoms with Gasteiger partial charge in [-0.25, -0.2) is 0 Å². The fourth-order valence-corrected chi connectivity index (χ4v) is 7.88. The lowest BCUT2D eigenvalue weighted by atomic mass is 9.99. The van der Waals surface area contributed by atoms with Gasteiger partial charge in [-0.1, -0.05) is 152 Å². The van der Waals surface area contributed by atoms with Crippen molar-refractivity contribution in [2.45, 2.75) is 0 Å². The Morgan fingerprint density at radius 1 is 0.278 bits per heavy atom. The summed E-state index contributed by atoms with van der Waals surface area (Å²) in [4.78, 5) is 2.34. The van der Waals surface area contributed by atoms with Crippen molar-refractivity contribution in [2.75, 3.05) is 4.90 Å². The molecular formula is C52H36N2. The minimum absolute atomic E-state index is 1.11. The summed E-state index contributed by atoms with van der Waals surface area (Å²) in [5.41, 5.74) is 14.1. The molecule has 0 unspecified atom stereocenters. The summed E-state index contributed by atoms with van der Waals surface area (Å²) in [5.74, 6) is 0. The molecule has 0 saturated heterocycles. The van der Waals surface area contributed by atoms with Crippen LogP contribution in [0.1, 0.15) is 0 Å². The first kappa shape index (κ1) is 31.6. The maximum atomic E-state index is 2.40. The van der Waals surface area contributed by atoms with Crippen LogP contribution in [0.2, 0.25) is 0 Å². The van der Waals surface area contributed by atoms with Gasteiger partial charge in [-0.3, -0.25) is 0 Å². The Hall–Kier alpha value is -7.16. The minimum Gasteiger partial charge on any atom is -0.310 e. The number of anilines is 3. The summed E-state index contributed by atoms with van der Waals surface area (Å²) in [7, 11) is 0. The van der Waals surface area contributed by atoms with Gasteiger partial charge in [-0.05, 0) is 111 Å². The van der Waals surface area contributed by atoms with Crippen LogP contribution >= 0.6 is 0 Å². The summed E-state index contributed by atoms with van der Waals surface area (Å²) in [6, 6.07) is 78.8. The molecule has 0 aliphatic heterocycles. The Morgan fingerprint density at radius 3 is 1.57 bits per heavy atom. The molecule has 0 saturated carbocycles. The molecule has 0 aliphatic rings. The second-order valence-electron chi connectivity index (χ2n) is 13.8. The van der Waals surface area contributed by atoms with E-state index in [4.69, 9.17) is 0 Å². The van der Waals surface area contributed by atoms with E-state index in [2.05, 4.69) is 228 Å². The number of rotatable bonds is 7. The highest BCUT2D eigenvalue weighted by Crippen LogP contribution is 2.39. The van der Waals surface area contributed by atoms with Gasteiger partial charge in [0.2, 0.25) is 0 Å². The molecule has 0 aliphatic carbocycles. The van der Waals surface area contributed by atoms with Gasteiger partial charge in [-0.2, -0.15) is 0 Å². The van der Waals surface area contributed by atoms with Crippen LogP contribution in [-0.2, 0) is 0 Å². The standard InChI is InChI=1S/C52H36N2/c1-3-12-37(13-4-1)39-22-24-40(25-23-39)43-16-11-19-47(34-43)53(45-17-5-2-6-18-45)46-30-26-41(27-31-46)44-29-33-52-50(36-44)49-20-9-10-21-51(49)54(52)48-32-28-38-14-7-8-15-42(38)35-48/h1-36H. The van der Waals surface area contributed by atoms with Gasteiger partial charge in [0.25, 0.3) is 0 Å². The zero-order valence-corrected chi connectivity index (χ0v) is 29.7. The van der Waals surface area contributed by atoms with E-state index in [1.807, 2.05) is 0 Å². The van der Waals surface area contributed by atoms with E-state index < -0.39 is 0 Å². The van der Waals surface area contributed by atoms with Gasteiger partial charge in [0.1, 0.15) is 0 Å². The van der Waals surface area contributed by atoms with Crippen molar-refractivity contribution in [1.82, 2.24) is 4.57 Å². The monoisotopic (exact) mass is 688 g/mol. The predicted molar refractivity (Wildman–Crippen MR) is 229 cm³/mol. The number of nitrogens with zero attached hydrogens (tertiary/aromatic N) is 2. The Balaban J connectivity index is 1.01. The van der Waals surface area contributed by atoms with E-state index in [-0.39, 0.29) is 0 Å². The molecule has 1 aromatic heterocycles. The average Bonchev–Trinajstić information content (AvgIpc) is 3.58. The highest BCUT2D eigenvalue weighted by Gasteiger charge is 2.16. The minimum atomic E-state index is 1.11. The SMILES string of the molecule is c1ccc(-c2ccc(-c3cccc(N(c4ccccc4)c4ccc(-c5ccc6c(c5)c5ccccc5n6-c5ccc6ccccc6c5)cc4)c3)cc2)cc1. The summed E-state index contributed by atoms with van der Waals surface area (Å²) < 4.78 is 2.40. The van der Waals surface area contributed by atoms with Crippen molar-refractivity contribution in [3.05, 3.63) is 218 Å². The summed E-state index contributed by atoms with van der Waals surface area (Å²) in [6.07, 6.45) is 0. The third kappa shape index (κ3) is 5.71. The van der Waals surface area contributed by atoms with E-state index in [1.165, 1.54) is 71.6 Å². The summed E-state index contributed by atoms with van der Waals surface area (Å²) in [5, 5.41) is 5.00. The molecular weight excluding hydrogens is 653 g/mol. The van der Waals surface area contributed by atoms with Crippen LogP contribution in [0.3, 0.4) is 0 Å². The van der Waals surface area contributed by atoms with Crippen LogP contribution in [-0.4, -0.2) is 4.57 Å². The molecule has 2 heteroatoms. The molecule has 0 fully saturated rings. The first-order chi connectivity index (χ1) is 26.8. The number of para-hydroxylation sites is 2.